The fraction of sp³-hybridized carbons (Fsp3) is 0.435. The van der Waals surface area contributed by atoms with Crippen molar-refractivity contribution in [3.8, 4) is 11.3 Å². The number of carbonyl (C=O) groups is 1. The highest BCUT2D eigenvalue weighted by molar-refractivity contribution is 7.99. The number of halogens is 1. The average Bonchev–Trinajstić information content (AvgIpc) is 2.77. The first-order valence-corrected chi connectivity index (χ1v) is 11.6. The molecular weight excluding hydrogens is 433 g/mol. The molecule has 2 atom stereocenters. The van der Waals surface area contributed by atoms with Gasteiger partial charge in [0.2, 0.25) is 5.95 Å². The molecule has 3 rings (SSSR count). The van der Waals surface area contributed by atoms with Gasteiger partial charge in [0.25, 0.3) is 0 Å². The molecular formula is C23H28FN3O4S. The molecule has 2 aromatic rings. The summed E-state index contributed by atoms with van der Waals surface area (Å²) in [5.74, 6) is -0.532. The predicted octanol–water partition coefficient (Wildman–Crippen LogP) is 4.74. The molecule has 0 aliphatic carbocycles. The first kappa shape index (κ1) is 24.2. The van der Waals surface area contributed by atoms with E-state index in [-0.39, 0.29) is 31.1 Å². The highest BCUT2D eigenvalue weighted by Gasteiger charge is 2.24. The summed E-state index contributed by atoms with van der Waals surface area (Å²) in [6, 6.07) is 6.23. The van der Waals surface area contributed by atoms with Crippen molar-refractivity contribution in [2.75, 3.05) is 24.4 Å². The maximum Gasteiger partial charge on any atom is 0.305 e. The lowest BCUT2D eigenvalue weighted by atomic mass is 9.97. The quantitative estimate of drug-likeness (QED) is 0.565. The summed E-state index contributed by atoms with van der Waals surface area (Å²) >= 11 is 1.50. The molecule has 1 saturated heterocycles. The van der Waals surface area contributed by atoms with E-state index in [1.54, 1.807) is 12.1 Å². The minimum atomic E-state index is -0.901. The molecule has 0 amide bonds. The summed E-state index contributed by atoms with van der Waals surface area (Å²) in [6.45, 7) is 4.17. The Morgan fingerprint density at radius 1 is 1.31 bits per heavy atom. The van der Waals surface area contributed by atoms with Crippen LogP contribution in [0.4, 0.5) is 10.3 Å². The van der Waals surface area contributed by atoms with Gasteiger partial charge in [0, 0.05) is 30.9 Å². The summed E-state index contributed by atoms with van der Waals surface area (Å²) in [7, 11) is 1.90. The van der Waals surface area contributed by atoms with E-state index in [9.17, 15) is 9.18 Å². The minimum Gasteiger partial charge on any atom is -0.481 e. The molecule has 1 N–H and O–H groups in total. The van der Waals surface area contributed by atoms with Crippen molar-refractivity contribution in [1.82, 2.24) is 9.97 Å². The third kappa shape index (κ3) is 6.05. The molecule has 9 heteroatoms. The molecule has 0 bridgehead atoms. The van der Waals surface area contributed by atoms with Crippen LogP contribution in [0, 0.1) is 5.82 Å². The van der Waals surface area contributed by atoms with Gasteiger partial charge in [0.05, 0.1) is 30.0 Å². The van der Waals surface area contributed by atoms with Crippen LogP contribution in [0.1, 0.15) is 43.9 Å². The Kier molecular flexibility index (Phi) is 8.22. The Morgan fingerprint density at radius 3 is 2.66 bits per heavy atom. The molecule has 1 aliphatic heterocycles. The lowest BCUT2D eigenvalue weighted by molar-refractivity contribution is -0.171. The number of nitrogens with zero attached hydrogens (tertiary/aromatic N) is 3. The van der Waals surface area contributed by atoms with Crippen LogP contribution >= 0.6 is 11.9 Å². The van der Waals surface area contributed by atoms with Crippen LogP contribution in [-0.2, 0) is 14.3 Å². The second kappa shape index (κ2) is 10.9. The lowest BCUT2D eigenvalue weighted by Gasteiger charge is -2.27. The maximum absolute atomic E-state index is 13.6. The van der Waals surface area contributed by atoms with Crippen LogP contribution in [-0.4, -0.2) is 53.3 Å². The van der Waals surface area contributed by atoms with Gasteiger partial charge in [0.15, 0.2) is 0 Å². The number of carboxylic acid groups (broad SMARTS) is 1. The third-order valence-electron chi connectivity index (χ3n) is 5.14. The number of ether oxygens (including phenoxy) is 2. The molecule has 1 aromatic carbocycles. The first-order chi connectivity index (χ1) is 15.3. The van der Waals surface area contributed by atoms with E-state index in [1.807, 2.05) is 29.8 Å². The van der Waals surface area contributed by atoms with Gasteiger partial charge < -0.3 is 14.6 Å². The van der Waals surface area contributed by atoms with Gasteiger partial charge in [-0.15, -0.1) is 0 Å². The summed E-state index contributed by atoms with van der Waals surface area (Å²) in [5.41, 5.74) is 3.17. The zero-order chi connectivity index (χ0) is 23.3. The van der Waals surface area contributed by atoms with Crippen LogP contribution < -0.4 is 4.31 Å². The fourth-order valence-electron chi connectivity index (χ4n) is 3.42. The van der Waals surface area contributed by atoms with Gasteiger partial charge in [-0.25, -0.2) is 14.4 Å². The molecule has 1 aromatic heterocycles. The number of aliphatic carboxylic acids is 1. The third-order valence-corrected chi connectivity index (χ3v) is 5.86. The molecule has 172 valence electrons. The van der Waals surface area contributed by atoms with Crippen molar-refractivity contribution in [3.05, 3.63) is 47.4 Å². The Labute approximate surface area is 191 Å². The standard InChI is InChI=1S/C23H28FN3O4S/c1-14(2)21-19(10-9-17-11-18(12-20(28)29)31-13-30-17)22(15-5-7-16(24)8-6-15)26-23(25-21)27(3)32-4/h5-10,14,17-18H,11-13H2,1-4H3,(H,28,29)/b10-9+. The highest BCUT2D eigenvalue weighted by atomic mass is 32.2. The Hall–Kier alpha value is -2.49. The van der Waals surface area contributed by atoms with E-state index in [0.29, 0.717) is 18.1 Å². The summed E-state index contributed by atoms with van der Waals surface area (Å²) < 4.78 is 26.5. The molecule has 32 heavy (non-hydrogen) atoms. The Morgan fingerprint density at radius 2 is 2.03 bits per heavy atom. The maximum atomic E-state index is 13.6. The lowest BCUT2D eigenvalue weighted by Crippen LogP contribution is -2.31. The predicted molar refractivity (Wildman–Crippen MR) is 124 cm³/mol. The van der Waals surface area contributed by atoms with Crippen LogP contribution in [0.3, 0.4) is 0 Å². The van der Waals surface area contributed by atoms with Gasteiger partial charge in [-0.1, -0.05) is 37.9 Å². The second-order valence-electron chi connectivity index (χ2n) is 7.82. The summed E-state index contributed by atoms with van der Waals surface area (Å²) in [6.07, 6.45) is 5.45. The molecule has 0 radical (unpaired) electrons. The number of carboxylic acids is 1. The van der Waals surface area contributed by atoms with Crippen molar-refractivity contribution in [2.24, 2.45) is 0 Å². The van der Waals surface area contributed by atoms with E-state index >= 15 is 0 Å². The van der Waals surface area contributed by atoms with Crippen LogP contribution in [0.2, 0.25) is 0 Å². The molecule has 1 fully saturated rings. The second-order valence-corrected chi connectivity index (χ2v) is 8.73. The number of hydrogen-bond acceptors (Lipinski definition) is 7. The molecule has 7 nitrogen and oxygen atoms in total. The van der Waals surface area contributed by atoms with Gasteiger partial charge in [0.1, 0.15) is 12.6 Å². The molecule has 0 saturated carbocycles. The smallest absolute Gasteiger partial charge is 0.305 e. The summed E-state index contributed by atoms with van der Waals surface area (Å²) in [4.78, 5) is 20.6. The van der Waals surface area contributed by atoms with Gasteiger partial charge in [-0.05, 0) is 30.2 Å². The van der Waals surface area contributed by atoms with Crippen molar-refractivity contribution in [1.29, 1.82) is 0 Å². The Bertz CT molecular complexity index is 968. The van der Waals surface area contributed by atoms with Gasteiger partial charge in [-0.2, -0.15) is 0 Å². The largest absolute Gasteiger partial charge is 0.481 e. The SMILES string of the molecule is CSN(C)c1nc(-c2ccc(F)cc2)c(/C=C/C2CC(CC(=O)O)OCO2)c(C(C)C)n1. The van der Waals surface area contributed by atoms with E-state index in [1.165, 1.54) is 24.1 Å². The topological polar surface area (TPSA) is 84.8 Å². The number of hydrogen-bond donors (Lipinski definition) is 1. The number of rotatable bonds is 8. The van der Waals surface area contributed by atoms with Crippen molar-refractivity contribution >= 4 is 29.9 Å². The van der Waals surface area contributed by atoms with E-state index in [2.05, 4.69) is 13.8 Å². The summed E-state index contributed by atoms with van der Waals surface area (Å²) in [5, 5.41) is 9.04. The zero-order valence-electron chi connectivity index (χ0n) is 18.6. The van der Waals surface area contributed by atoms with Crippen LogP contribution in [0.15, 0.2) is 30.3 Å². The monoisotopic (exact) mass is 461 g/mol. The molecule has 2 unspecified atom stereocenters. The van der Waals surface area contributed by atoms with Crippen LogP contribution in [0.25, 0.3) is 17.3 Å². The fourth-order valence-corrected chi connectivity index (χ4v) is 3.67. The Balaban J connectivity index is 2.03. The number of anilines is 1. The number of benzene rings is 1. The van der Waals surface area contributed by atoms with E-state index in [0.717, 1.165) is 16.8 Å². The first-order valence-electron chi connectivity index (χ1n) is 10.4. The van der Waals surface area contributed by atoms with E-state index < -0.39 is 12.1 Å². The van der Waals surface area contributed by atoms with E-state index in [4.69, 9.17) is 24.5 Å². The minimum absolute atomic E-state index is 0.0444. The highest BCUT2D eigenvalue weighted by Crippen LogP contribution is 2.32. The van der Waals surface area contributed by atoms with Crippen molar-refractivity contribution in [2.45, 2.75) is 44.8 Å². The molecule has 0 spiro atoms. The van der Waals surface area contributed by atoms with Gasteiger partial charge >= 0.3 is 5.97 Å². The van der Waals surface area contributed by atoms with Crippen molar-refractivity contribution < 1.29 is 23.8 Å². The van der Waals surface area contributed by atoms with Gasteiger partial charge in [-0.3, -0.25) is 9.10 Å². The molecule has 2 heterocycles. The zero-order valence-corrected chi connectivity index (χ0v) is 19.4. The average molecular weight is 462 g/mol. The van der Waals surface area contributed by atoms with Crippen LogP contribution in [0.5, 0.6) is 0 Å². The molecule has 1 aliphatic rings. The normalized spacial score (nSPS) is 18.9. The van der Waals surface area contributed by atoms with Crippen molar-refractivity contribution in [3.63, 3.8) is 0 Å². The number of aromatic nitrogens is 2.